The van der Waals surface area contributed by atoms with E-state index in [2.05, 4.69) is 9.71 Å². The molecule has 5 rings (SSSR count). The molecule has 3 aliphatic rings. The Morgan fingerprint density at radius 2 is 1.86 bits per heavy atom. The molecule has 3 fully saturated rings. The maximum absolute atomic E-state index is 15.7. The molecule has 1 aliphatic carbocycles. The van der Waals surface area contributed by atoms with Gasteiger partial charge in [-0.3, -0.25) is 0 Å². The van der Waals surface area contributed by atoms with Crippen molar-refractivity contribution in [1.82, 2.24) is 14.6 Å². The Balaban J connectivity index is 1.71. The molecule has 2 atom stereocenters. The van der Waals surface area contributed by atoms with Crippen LogP contribution in [0.4, 0.5) is 18.0 Å². The molecule has 1 saturated carbocycles. The number of nitrogens with zero attached hydrogens (tertiary/aromatic N) is 2. The fraction of sp³-hybridized carbons (Fsp3) is 0.520. The first kappa shape index (κ1) is 26.4. The molecular formula is C25H30F3N3O4S. The van der Waals surface area contributed by atoms with Crippen LogP contribution < -0.4 is 4.72 Å². The van der Waals surface area contributed by atoms with Crippen LogP contribution >= 0.6 is 0 Å². The molecule has 1 aromatic carbocycles. The standard InChI is InChI=1S/C25H30F3N3O4S/c1-25(2,3)35-24(32)31-16-11-15(12-16)22(30-36(4,33)34)20(31)13-14-7-5-8-17(21(14)26)18-9-6-10-19(29-18)23(27)28/h5-10,15-16,20,22-23,30H,11-13H2,1-4H3/t15?,16?,20-,22-/m0/s1. The minimum absolute atomic E-state index is 0.00375. The van der Waals surface area contributed by atoms with E-state index >= 15 is 4.39 Å². The number of pyridine rings is 1. The summed E-state index contributed by atoms with van der Waals surface area (Å²) in [6.07, 6.45) is -1.08. The molecule has 1 amide bonds. The highest BCUT2D eigenvalue weighted by atomic mass is 32.2. The third kappa shape index (κ3) is 5.67. The number of sulfonamides is 1. The summed E-state index contributed by atoms with van der Waals surface area (Å²) in [6, 6.07) is 7.13. The summed E-state index contributed by atoms with van der Waals surface area (Å²) in [5.41, 5.74) is -0.898. The number of halogens is 3. The molecule has 0 radical (unpaired) electrons. The number of amides is 1. The van der Waals surface area contributed by atoms with Crippen molar-refractivity contribution in [3.63, 3.8) is 0 Å². The maximum Gasteiger partial charge on any atom is 0.410 e. The Labute approximate surface area is 209 Å². The highest BCUT2D eigenvalue weighted by Gasteiger charge is 2.54. The SMILES string of the molecule is CC(C)(C)OC(=O)N1C2CC(C2)[C@H](NS(C)(=O)=O)[C@@H]1Cc1cccc(-c2cccc(C(F)F)n2)c1F. The number of hydrogen-bond donors (Lipinski definition) is 1. The quantitative estimate of drug-likeness (QED) is 0.592. The third-order valence-electron chi connectivity index (χ3n) is 6.56. The average Bonchev–Trinajstić information content (AvgIpc) is 2.72. The number of aromatic nitrogens is 1. The van der Waals surface area contributed by atoms with Crippen molar-refractivity contribution >= 4 is 16.1 Å². The topological polar surface area (TPSA) is 88.6 Å². The van der Waals surface area contributed by atoms with Crippen LogP contribution in [0.1, 0.15) is 51.3 Å². The lowest BCUT2D eigenvalue weighted by Crippen LogP contribution is -2.70. The summed E-state index contributed by atoms with van der Waals surface area (Å²) in [5, 5.41) is 0. The predicted octanol–water partition coefficient (Wildman–Crippen LogP) is 4.68. The van der Waals surface area contributed by atoms with Gasteiger partial charge in [-0.15, -0.1) is 0 Å². The zero-order valence-electron chi connectivity index (χ0n) is 20.5. The molecule has 2 bridgehead atoms. The van der Waals surface area contributed by atoms with Gasteiger partial charge in [0.15, 0.2) is 0 Å². The smallest absolute Gasteiger partial charge is 0.410 e. The molecule has 2 saturated heterocycles. The maximum atomic E-state index is 15.7. The number of benzene rings is 1. The second-order valence-corrected chi connectivity index (χ2v) is 12.3. The van der Waals surface area contributed by atoms with Gasteiger partial charge in [0.05, 0.1) is 18.0 Å². The average molecular weight is 526 g/mol. The minimum Gasteiger partial charge on any atom is -0.444 e. The Morgan fingerprint density at radius 3 is 2.47 bits per heavy atom. The second kappa shape index (κ2) is 9.66. The summed E-state index contributed by atoms with van der Waals surface area (Å²) in [4.78, 5) is 18.6. The normalized spacial score (nSPS) is 23.9. The molecule has 1 aromatic heterocycles. The van der Waals surface area contributed by atoms with Crippen molar-refractivity contribution in [1.29, 1.82) is 0 Å². The highest BCUT2D eigenvalue weighted by Crippen LogP contribution is 2.45. The number of hydrogen-bond acceptors (Lipinski definition) is 5. The first-order valence-electron chi connectivity index (χ1n) is 11.7. The molecule has 36 heavy (non-hydrogen) atoms. The van der Waals surface area contributed by atoms with E-state index in [4.69, 9.17) is 4.74 Å². The summed E-state index contributed by atoms with van der Waals surface area (Å²) < 4.78 is 74.6. The van der Waals surface area contributed by atoms with Crippen molar-refractivity contribution in [3.8, 4) is 11.3 Å². The van der Waals surface area contributed by atoms with Gasteiger partial charge in [-0.25, -0.2) is 36.1 Å². The van der Waals surface area contributed by atoms with Gasteiger partial charge in [0.25, 0.3) is 6.43 Å². The monoisotopic (exact) mass is 525 g/mol. The summed E-state index contributed by atoms with van der Waals surface area (Å²) in [6.45, 7) is 5.22. The van der Waals surface area contributed by atoms with E-state index in [9.17, 15) is 22.0 Å². The van der Waals surface area contributed by atoms with Crippen LogP contribution in [0.2, 0.25) is 0 Å². The molecule has 11 heteroatoms. The van der Waals surface area contributed by atoms with E-state index in [0.29, 0.717) is 12.8 Å². The van der Waals surface area contributed by atoms with Gasteiger partial charge in [0.1, 0.15) is 17.1 Å². The Morgan fingerprint density at radius 1 is 1.19 bits per heavy atom. The summed E-state index contributed by atoms with van der Waals surface area (Å²) in [5.74, 6) is -0.651. The highest BCUT2D eigenvalue weighted by molar-refractivity contribution is 7.88. The van der Waals surface area contributed by atoms with Crippen LogP contribution in [0.25, 0.3) is 11.3 Å². The molecular weight excluding hydrogens is 495 g/mol. The van der Waals surface area contributed by atoms with E-state index in [-0.39, 0.29) is 35.2 Å². The first-order chi connectivity index (χ1) is 16.7. The molecule has 0 spiro atoms. The summed E-state index contributed by atoms with van der Waals surface area (Å²) >= 11 is 0. The van der Waals surface area contributed by atoms with Gasteiger partial charge in [0, 0.05) is 17.6 Å². The minimum atomic E-state index is -3.62. The van der Waals surface area contributed by atoms with Gasteiger partial charge >= 0.3 is 6.09 Å². The molecule has 2 aliphatic heterocycles. The lowest BCUT2D eigenvalue weighted by molar-refractivity contribution is -0.0652. The van der Waals surface area contributed by atoms with Gasteiger partial charge in [-0.2, -0.15) is 0 Å². The van der Waals surface area contributed by atoms with Crippen molar-refractivity contribution in [2.24, 2.45) is 5.92 Å². The Hall–Kier alpha value is -2.66. The number of alkyl halides is 2. The second-order valence-electron chi connectivity index (χ2n) is 10.5. The first-order valence-corrected chi connectivity index (χ1v) is 13.6. The zero-order chi connectivity index (χ0) is 26.4. The van der Waals surface area contributed by atoms with E-state index in [1.807, 2.05) is 0 Å². The number of nitrogens with one attached hydrogen (secondary N) is 1. The van der Waals surface area contributed by atoms with Crippen LogP contribution in [0.5, 0.6) is 0 Å². The number of carbonyl (C=O) groups excluding carboxylic acids is 1. The third-order valence-corrected chi connectivity index (χ3v) is 7.26. The number of rotatable bonds is 6. The number of carbonyl (C=O) groups is 1. The molecule has 7 nitrogen and oxygen atoms in total. The van der Waals surface area contributed by atoms with Crippen LogP contribution in [0.15, 0.2) is 36.4 Å². The lowest BCUT2D eigenvalue weighted by atomic mass is 9.67. The van der Waals surface area contributed by atoms with Crippen molar-refractivity contribution in [2.75, 3.05) is 6.26 Å². The number of piperidine rings is 2. The number of ether oxygens (including phenoxy) is 1. The van der Waals surface area contributed by atoms with Crippen LogP contribution in [-0.2, 0) is 21.2 Å². The van der Waals surface area contributed by atoms with Crippen LogP contribution in [0.3, 0.4) is 0 Å². The largest absolute Gasteiger partial charge is 0.444 e. The van der Waals surface area contributed by atoms with E-state index in [0.717, 1.165) is 6.26 Å². The van der Waals surface area contributed by atoms with E-state index < -0.39 is 51.7 Å². The number of fused-ring (bicyclic) bond motifs is 2. The van der Waals surface area contributed by atoms with E-state index in [1.165, 1.54) is 29.2 Å². The van der Waals surface area contributed by atoms with Crippen molar-refractivity contribution in [2.45, 2.75) is 70.2 Å². The lowest BCUT2D eigenvalue weighted by Gasteiger charge is -2.57. The molecule has 1 N–H and O–H groups in total. The van der Waals surface area contributed by atoms with Gasteiger partial charge in [-0.1, -0.05) is 18.2 Å². The van der Waals surface area contributed by atoms with Gasteiger partial charge < -0.3 is 9.64 Å². The molecule has 0 unspecified atom stereocenters. The van der Waals surface area contributed by atoms with Gasteiger partial charge in [-0.05, 0) is 69.7 Å². The Kier molecular flexibility index (Phi) is 7.09. The van der Waals surface area contributed by atoms with Crippen LogP contribution in [0, 0.1) is 11.7 Å². The van der Waals surface area contributed by atoms with Crippen molar-refractivity contribution in [3.05, 3.63) is 53.5 Å². The molecule has 196 valence electrons. The fourth-order valence-electron chi connectivity index (χ4n) is 5.04. The fourth-order valence-corrected chi connectivity index (χ4v) is 5.88. The molecule has 2 aromatic rings. The zero-order valence-corrected chi connectivity index (χ0v) is 21.4. The van der Waals surface area contributed by atoms with Gasteiger partial charge in [0.2, 0.25) is 10.0 Å². The summed E-state index contributed by atoms with van der Waals surface area (Å²) in [7, 11) is -3.62. The van der Waals surface area contributed by atoms with Crippen molar-refractivity contribution < 1.29 is 31.1 Å². The van der Waals surface area contributed by atoms with E-state index in [1.54, 1.807) is 32.9 Å². The molecule has 3 heterocycles. The Bertz CT molecular complexity index is 1240. The van der Waals surface area contributed by atoms with Crippen LogP contribution in [-0.4, -0.2) is 54.4 Å². The predicted molar refractivity (Wildman–Crippen MR) is 128 cm³/mol.